The van der Waals surface area contributed by atoms with E-state index in [2.05, 4.69) is 36.5 Å². The van der Waals surface area contributed by atoms with Gasteiger partial charge in [-0.05, 0) is 40.8 Å². The van der Waals surface area contributed by atoms with E-state index in [1.165, 1.54) is 35.4 Å². The van der Waals surface area contributed by atoms with Crippen molar-refractivity contribution in [2.45, 2.75) is 32.0 Å². The minimum Gasteiger partial charge on any atom is -0.342 e. The molecule has 1 N–H and O–H groups in total. The van der Waals surface area contributed by atoms with Gasteiger partial charge in [-0.3, -0.25) is 4.79 Å². The van der Waals surface area contributed by atoms with Gasteiger partial charge < -0.3 is 10.2 Å². The minimum absolute atomic E-state index is 0.0276. The Hall–Kier alpha value is -2.86. The second-order valence-corrected chi connectivity index (χ2v) is 8.61. The maximum Gasteiger partial charge on any atom is 0.416 e. The quantitative estimate of drug-likeness (QED) is 0.546. The topological polar surface area (TPSA) is 32.3 Å². The summed E-state index contributed by atoms with van der Waals surface area (Å²) in [6, 6.07) is 20.0. The van der Waals surface area contributed by atoms with Gasteiger partial charge in [-0.25, -0.2) is 0 Å². The molecule has 3 nitrogen and oxygen atoms in total. The van der Waals surface area contributed by atoms with Crippen LogP contribution in [0.1, 0.15) is 42.5 Å². The number of carbonyl (C=O) groups excluding carboxylic acids is 1. The van der Waals surface area contributed by atoms with E-state index in [0.29, 0.717) is 25.2 Å². The molecule has 1 saturated heterocycles. The first-order valence-electron chi connectivity index (χ1n) is 10.9. The molecule has 3 atom stereocenters. The normalized spacial score (nSPS) is 20.0. The number of benzene rings is 3. The molecule has 32 heavy (non-hydrogen) atoms. The van der Waals surface area contributed by atoms with Crippen molar-refractivity contribution in [2.24, 2.45) is 5.92 Å². The van der Waals surface area contributed by atoms with Crippen molar-refractivity contribution < 1.29 is 18.0 Å². The van der Waals surface area contributed by atoms with Crippen LogP contribution in [0.2, 0.25) is 0 Å². The Labute approximate surface area is 186 Å². The van der Waals surface area contributed by atoms with Crippen molar-refractivity contribution >= 4 is 16.7 Å². The van der Waals surface area contributed by atoms with Crippen LogP contribution in [0.3, 0.4) is 0 Å². The fourth-order valence-corrected chi connectivity index (χ4v) is 4.72. The molecule has 4 rings (SSSR count). The minimum atomic E-state index is -4.38. The molecule has 1 fully saturated rings. The van der Waals surface area contributed by atoms with Gasteiger partial charge in [-0.15, -0.1) is 0 Å². The van der Waals surface area contributed by atoms with Crippen molar-refractivity contribution in [2.75, 3.05) is 19.6 Å². The SMILES string of the molecule is CC(=O)N1CC(CN[C@H](C)c2cccc3ccccc23)C(c2cccc(C(F)(F)F)c2)C1. The third kappa shape index (κ3) is 4.65. The number of hydrogen-bond donors (Lipinski definition) is 1. The summed E-state index contributed by atoms with van der Waals surface area (Å²) in [7, 11) is 0. The summed E-state index contributed by atoms with van der Waals surface area (Å²) in [5.41, 5.74) is 1.17. The van der Waals surface area contributed by atoms with Crippen molar-refractivity contribution in [3.05, 3.63) is 83.4 Å². The fraction of sp³-hybridized carbons (Fsp3) is 0.346. The Morgan fingerprint density at radius 3 is 2.53 bits per heavy atom. The van der Waals surface area contributed by atoms with Crippen LogP contribution >= 0.6 is 0 Å². The van der Waals surface area contributed by atoms with E-state index < -0.39 is 11.7 Å². The maximum atomic E-state index is 13.2. The lowest BCUT2D eigenvalue weighted by atomic mass is 9.87. The molecule has 0 aromatic heterocycles. The van der Waals surface area contributed by atoms with Crippen molar-refractivity contribution in [1.29, 1.82) is 0 Å². The summed E-state index contributed by atoms with van der Waals surface area (Å²) >= 11 is 0. The molecule has 0 spiro atoms. The number of nitrogens with zero attached hydrogens (tertiary/aromatic N) is 1. The second-order valence-electron chi connectivity index (χ2n) is 8.61. The van der Waals surface area contributed by atoms with Crippen LogP contribution in [-0.4, -0.2) is 30.4 Å². The van der Waals surface area contributed by atoms with Crippen LogP contribution in [0.15, 0.2) is 66.7 Å². The molecule has 3 aromatic carbocycles. The Morgan fingerprint density at radius 2 is 1.78 bits per heavy atom. The fourth-order valence-electron chi connectivity index (χ4n) is 4.72. The van der Waals surface area contributed by atoms with Gasteiger partial charge in [0.15, 0.2) is 0 Å². The number of nitrogens with one attached hydrogen (secondary N) is 1. The van der Waals surface area contributed by atoms with Crippen LogP contribution in [0, 0.1) is 5.92 Å². The molecular formula is C26H27F3N2O. The number of halogens is 3. The summed E-state index contributed by atoms with van der Waals surface area (Å²) < 4.78 is 39.7. The van der Waals surface area contributed by atoms with Gasteiger partial charge in [0.2, 0.25) is 5.91 Å². The number of fused-ring (bicyclic) bond motifs is 1. The molecule has 2 unspecified atom stereocenters. The third-order valence-electron chi connectivity index (χ3n) is 6.50. The molecule has 1 amide bonds. The summed E-state index contributed by atoms with van der Waals surface area (Å²) in [6.07, 6.45) is -4.38. The van der Waals surface area contributed by atoms with Crippen LogP contribution in [-0.2, 0) is 11.0 Å². The number of hydrogen-bond acceptors (Lipinski definition) is 2. The van der Waals surface area contributed by atoms with Crippen molar-refractivity contribution in [3.8, 4) is 0 Å². The van der Waals surface area contributed by atoms with Crippen molar-refractivity contribution in [1.82, 2.24) is 10.2 Å². The lowest BCUT2D eigenvalue weighted by molar-refractivity contribution is -0.137. The highest BCUT2D eigenvalue weighted by molar-refractivity contribution is 5.86. The summed E-state index contributed by atoms with van der Waals surface area (Å²) in [4.78, 5) is 13.8. The highest BCUT2D eigenvalue weighted by Gasteiger charge is 2.37. The Morgan fingerprint density at radius 1 is 1.06 bits per heavy atom. The lowest BCUT2D eigenvalue weighted by Crippen LogP contribution is -2.31. The Balaban J connectivity index is 1.55. The van der Waals surface area contributed by atoms with Crippen molar-refractivity contribution in [3.63, 3.8) is 0 Å². The zero-order valence-electron chi connectivity index (χ0n) is 18.2. The predicted molar refractivity (Wildman–Crippen MR) is 120 cm³/mol. The average molecular weight is 441 g/mol. The van der Waals surface area contributed by atoms with Gasteiger partial charge in [0, 0.05) is 38.5 Å². The molecular weight excluding hydrogens is 413 g/mol. The molecule has 1 aliphatic heterocycles. The summed E-state index contributed by atoms with van der Waals surface area (Å²) in [5.74, 6) is -0.167. The maximum absolute atomic E-state index is 13.2. The first-order valence-corrected chi connectivity index (χ1v) is 10.9. The number of carbonyl (C=O) groups is 1. The van der Waals surface area contributed by atoms with E-state index in [1.807, 2.05) is 18.2 Å². The van der Waals surface area contributed by atoms with Gasteiger partial charge in [0.05, 0.1) is 5.56 Å². The van der Waals surface area contributed by atoms with E-state index in [-0.39, 0.29) is 23.8 Å². The number of rotatable bonds is 5. The smallest absolute Gasteiger partial charge is 0.342 e. The van der Waals surface area contributed by atoms with E-state index >= 15 is 0 Å². The highest BCUT2D eigenvalue weighted by Crippen LogP contribution is 2.36. The molecule has 1 heterocycles. The molecule has 3 aromatic rings. The van der Waals surface area contributed by atoms with Crippen LogP contribution in [0.5, 0.6) is 0 Å². The Bertz CT molecular complexity index is 1110. The largest absolute Gasteiger partial charge is 0.416 e. The van der Waals surface area contributed by atoms with E-state index in [0.717, 1.165) is 6.07 Å². The third-order valence-corrected chi connectivity index (χ3v) is 6.50. The molecule has 6 heteroatoms. The Kier molecular flexibility index (Phi) is 6.24. The van der Waals surface area contributed by atoms with Gasteiger partial charge in [0.25, 0.3) is 0 Å². The summed E-state index contributed by atoms with van der Waals surface area (Å²) in [5, 5.41) is 5.93. The molecule has 1 aliphatic rings. The van der Waals surface area contributed by atoms with E-state index in [9.17, 15) is 18.0 Å². The van der Waals surface area contributed by atoms with Crippen LogP contribution < -0.4 is 5.32 Å². The van der Waals surface area contributed by atoms with Crippen LogP contribution in [0.4, 0.5) is 13.2 Å². The first kappa shape index (κ1) is 22.3. The standard InChI is InChI=1S/C26H27F3N2O/c1-17(23-12-6-8-19-7-3-4-11-24(19)23)30-14-21-15-31(18(2)32)16-25(21)20-9-5-10-22(13-20)26(27,28)29/h3-13,17,21,25,30H,14-16H2,1-2H3/t17-,21?,25?/m1/s1. The van der Waals surface area contributed by atoms with Gasteiger partial charge in [-0.2, -0.15) is 13.2 Å². The van der Waals surface area contributed by atoms with Gasteiger partial charge >= 0.3 is 6.18 Å². The van der Waals surface area contributed by atoms with Crippen LogP contribution in [0.25, 0.3) is 10.8 Å². The first-order chi connectivity index (χ1) is 15.2. The van der Waals surface area contributed by atoms with E-state index in [1.54, 1.807) is 11.0 Å². The second kappa shape index (κ2) is 8.94. The predicted octanol–water partition coefficient (Wildman–Crippen LogP) is 5.77. The zero-order chi connectivity index (χ0) is 22.9. The van der Waals surface area contributed by atoms with Gasteiger partial charge in [0.1, 0.15) is 0 Å². The molecule has 0 saturated carbocycles. The molecule has 168 valence electrons. The molecule has 0 radical (unpaired) electrons. The number of alkyl halides is 3. The van der Waals surface area contributed by atoms with Gasteiger partial charge in [-0.1, -0.05) is 60.7 Å². The molecule has 0 aliphatic carbocycles. The highest BCUT2D eigenvalue weighted by atomic mass is 19.4. The van der Waals surface area contributed by atoms with E-state index in [4.69, 9.17) is 0 Å². The summed E-state index contributed by atoms with van der Waals surface area (Å²) in [6.45, 7) is 5.18. The lowest BCUT2D eigenvalue weighted by Gasteiger charge is -2.23. The average Bonchev–Trinajstić information content (AvgIpc) is 3.21. The zero-order valence-corrected chi connectivity index (χ0v) is 18.2. The number of likely N-dealkylation sites (tertiary alicyclic amines) is 1. The monoisotopic (exact) mass is 440 g/mol. The number of amides is 1. The molecule has 0 bridgehead atoms.